The first-order chi connectivity index (χ1) is 11.8. The number of para-hydroxylation sites is 1. The van der Waals surface area contributed by atoms with E-state index in [2.05, 4.69) is 35.2 Å². The van der Waals surface area contributed by atoms with E-state index in [9.17, 15) is 0 Å². The van der Waals surface area contributed by atoms with Gasteiger partial charge in [-0.15, -0.1) is 0 Å². The molecule has 1 atom stereocenters. The quantitative estimate of drug-likeness (QED) is 0.536. The van der Waals surface area contributed by atoms with Crippen LogP contribution in [0.25, 0.3) is 0 Å². The lowest BCUT2D eigenvalue weighted by Gasteiger charge is -2.10. The smallest absolute Gasteiger partial charge is 0.185 e. The van der Waals surface area contributed by atoms with Crippen molar-refractivity contribution in [3.05, 3.63) is 66.2 Å². The molecule has 0 heterocycles. The van der Waals surface area contributed by atoms with Gasteiger partial charge >= 0.3 is 0 Å². The van der Waals surface area contributed by atoms with Gasteiger partial charge in [0, 0.05) is 0 Å². The van der Waals surface area contributed by atoms with Gasteiger partial charge in [0.15, 0.2) is 12.4 Å². The van der Waals surface area contributed by atoms with Crippen molar-refractivity contribution in [2.75, 3.05) is 11.4 Å². The molecule has 0 aliphatic rings. The number of hydrogen-bond acceptors (Lipinski definition) is 4. The molecule has 4 nitrogen and oxygen atoms in total. The Bertz CT molecular complexity index is 853. The van der Waals surface area contributed by atoms with Crippen molar-refractivity contribution in [3.63, 3.8) is 0 Å². The lowest BCUT2D eigenvalue weighted by molar-refractivity contribution is 0.792. The minimum atomic E-state index is -0.397. The first kappa shape index (κ1) is 16.5. The molecule has 0 aliphatic heterocycles. The van der Waals surface area contributed by atoms with Crippen molar-refractivity contribution in [1.82, 2.24) is 5.32 Å². The zero-order valence-electron chi connectivity index (χ0n) is 12.9. The molecule has 2 aromatic carbocycles. The highest BCUT2D eigenvalue weighted by atomic mass is 15.1. The fourth-order valence-electron chi connectivity index (χ4n) is 1.98. The number of nitrogens with zero attached hydrogens (tertiary/aromatic N) is 3. The summed E-state index contributed by atoms with van der Waals surface area (Å²) in [5.41, 5.74) is 1.69. The van der Waals surface area contributed by atoms with Crippen LogP contribution in [0.5, 0.6) is 0 Å². The summed E-state index contributed by atoms with van der Waals surface area (Å²) in [7, 11) is 0. The SMILES string of the molecule is N#CNC(C#CC#CCN(C#N)c1ccccc1)c1ccccc1. The maximum absolute atomic E-state index is 9.17. The van der Waals surface area contributed by atoms with E-state index in [1.807, 2.05) is 66.9 Å². The van der Waals surface area contributed by atoms with Gasteiger partial charge in [0.2, 0.25) is 0 Å². The zero-order valence-corrected chi connectivity index (χ0v) is 12.9. The highest BCUT2D eigenvalue weighted by molar-refractivity contribution is 5.51. The molecular weight excluding hydrogens is 296 g/mol. The Morgan fingerprint density at radius 2 is 1.58 bits per heavy atom. The molecule has 0 spiro atoms. The summed E-state index contributed by atoms with van der Waals surface area (Å²) in [5.74, 6) is 11.2. The lowest BCUT2D eigenvalue weighted by Crippen LogP contribution is -2.16. The number of hydrogen-bond donors (Lipinski definition) is 1. The predicted molar refractivity (Wildman–Crippen MR) is 92.9 cm³/mol. The van der Waals surface area contributed by atoms with Gasteiger partial charge in [-0.05, 0) is 29.5 Å². The topological polar surface area (TPSA) is 62.9 Å². The Morgan fingerprint density at radius 1 is 0.917 bits per heavy atom. The standard InChI is InChI=1S/C20H14N4/c21-16-23-20(18-10-4-1-5-11-18)14-8-3-9-15-24(17-22)19-12-6-2-7-13-19/h1-2,4-7,10-13,20,23H,15H2. The monoisotopic (exact) mass is 310 g/mol. The fourth-order valence-corrected chi connectivity index (χ4v) is 1.98. The second-order valence-electron chi connectivity index (χ2n) is 4.69. The summed E-state index contributed by atoms with van der Waals surface area (Å²) < 4.78 is 0. The molecule has 2 aromatic rings. The van der Waals surface area contributed by atoms with E-state index in [-0.39, 0.29) is 6.54 Å². The van der Waals surface area contributed by atoms with E-state index in [0.29, 0.717) is 0 Å². The maximum atomic E-state index is 9.17. The molecule has 24 heavy (non-hydrogen) atoms. The van der Waals surface area contributed by atoms with E-state index in [1.165, 1.54) is 4.90 Å². The number of anilines is 1. The van der Waals surface area contributed by atoms with Crippen LogP contribution < -0.4 is 10.2 Å². The normalized spacial score (nSPS) is 9.75. The van der Waals surface area contributed by atoms with Gasteiger partial charge in [-0.1, -0.05) is 60.4 Å². The number of benzene rings is 2. The first-order valence-electron chi connectivity index (χ1n) is 7.25. The van der Waals surface area contributed by atoms with Gasteiger partial charge in [0.05, 0.1) is 12.2 Å². The summed E-state index contributed by atoms with van der Waals surface area (Å²) in [6, 6.07) is 18.4. The average molecular weight is 310 g/mol. The van der Waals surface area contributed by atoms with Crippen molar-refractivity contribution in [2.24, 2.45) is 0 Å². The van der Waals surface area contributed by atoms with Gasteiger partial charge in [-0.25, -0.2) is 0 Å². The molecule has 0 saturated heterocycles. The minimum absolute atomic E-state index is 0.261. The molecule has 0 amide bonds. The van der Waals surface area contributed by atoms with Gasteiger partial charge in [-0.3, -0.25) is 4.90 Å². The highest BCUT2D eigenvalue weighted by Gasteiger charge is 2.05. The van der Waals surface area contributed by atoms with Gasteiger partial charge in [0.25, 0.3) is 0 Å². The number of nitriles is 2. The summed E-state index contributed by atoms with van der Waals surface area (Å²) in [5, 5.41) is 20.6. The Hall–Kier alpha value is -3.86. The Morgan fingerprint density at radius 3 is 2.21 bits per heavy atom. The van der Waals surface area contributed by atoms with E-state index in [4.69, 9.17) is 10.5 Å². The van der Waals surface area contributed by atoms with Crippen LogP contribution in [0.3, 0.4) is 0 Å². The zero-order chi connectivity index (χ0) is 17.0. The van der Waals surface area contributed by atoms with Gasteiger partial charge in [0.1, 0.15) is 6.04 Å². The molecule has 0 bridgehead atoms. The molecule has 1 N–H and O–H groups in total. The second-order valence-corrected chi connectivity index (χ2v) is 4.69. The lowest BCUT2D eigenvalue weighted by atomic mass is 10.1. The minimum Gasteiger partial charge on any atom is -0.305 e. The summed E-state index contributed by atoms with van der Waals surface area (Å²) >= 11 is 0. The van der Waals surface area contributed by atoms with E-state index >= 15 is 0 Å². The average Bonchev–Trinajstić information content (AvgIpc) is 2.65. The van der Waals surface area contributed by atoms with Crippen molar-refractivity contribution in [2.45, 2.75) is 6.04 Å². The van der Waals surface area contributed by atoms with Crippen molar-refractivity contribution in [3.8, 4) is 36.1 Å². The molecule has 0 radical (unpaired) electrons. The Labute approximate surface area is 142 Å². The third-order valence-electron chi connectivity index (χ3n) is 3.13. The van der Waals surface area contributed by atoms with Crippen LogP contribution in [0.4, 0.5) is 5.69 Å². The van der Waals surface area contributed by atoms with Crippen LogP contribution in [0.1, 0.15) is 11.6 Å². The van der Waals surface area contributed by atoms with Crippen molar-refractivity contribution < 1.29 is 0 Å². The Kier molecular flexibility index (Phi) is 6.34. The molecule has 0 fully saturated rings. The maximum Gasteiger partial charge on any atom is 0.185 e. The highest BCUT2D eigenvalue weighted by Crippen LogP contribution is 2.11. The molecule has 0 aliphatic carbocycles. The molecule has 4 heteroatoms. The van der Waals surface area contributed by atoms with Gasteiger partial charge in [-0.2, -0.15) is 10.5 Å². The molecular formula is C20H14N4. The summed E-state index contributed by atoms with van der Waals surface area (Å²) in [6.07, 6.45) is 4.00. The molecule has 0 aromatic heterocycles. The summed E-state index contributed by atoms with van der Waals surface area (Å²) in [4.78, 5) is 1.48. The molecule has 114 valence electrons. The third kappa shape index (κ3) is 4.85. The van der Waals surface area contributed by atoms with Crippen LogP contribution in [0, 0.1) is 46.6 Å². The fraction of sp³-hybridized carbons (Fsp3) is 0.100. The van der Waals surface area contributed by atoms with Crippen LogP contribution >= 0.6 is 0 Å². The largest absolute Gasteiger partial charge is 0.305 e. The predicted octanol–water partition coefficient (Wildman–Crippen LogP) is 2.79. The molecule has 0 saturated carbocycles. The second kappa shape index (κ2) is 9.22. The Balaban J connectivity index is 2.03. The van der Waals surface area contributed by atoms with Crippen molar-refractivity contribution in [1.29, 1.82) is 10.5 Å². The van der Waals surface area contributed by atoms with E-state index < -0.39 is 6.04 Å². The van der Waals surface area contributed by atoms with E-state index in [1.54, 1.807) is 0 Å². The van der Waals surface area contributed by atoms with Crippen LogP contribution in [0.15, 0.2) is 60.7 Å². The van der Waals surface area contributed by atoms with Crippen molar-refractivity contribution >= 4 is 5.69 Å². The molecule has 2 rings (SSSR count). The van der Waals surface area contributed by atoms with E-state index in [0.717, 1.165) is 11.3 Å². The summed E-state index contributed by atoms with van der Waals surface area (Å²) in [6.45, 7) is 0.261. The van der Waals surface area contributed by atoms with Crippen LogP contribution in [0.2, 0.25) is 0 Å². The number of nitrogens with one attached hydrogen (secondary N) is 1. The van der Waals surface area contributed by atoms with Crippen LogP contribution in [-0.2, 0) is 0 Å². The van der Waals surface area contributed by atoms with Crippen LogP contribution in [-0.4, -0.2) is 6.54 Å². The van der Waals surface area contributed by atoms with Gasteiger partial charge < -0.3 is 5.32 Å². The first-order valence-corrected chi connectivity index (χ1v) is 7.25. The third-order valence-corrected chi connectivity index (χ3v) is 3.13. The molecule has 1 unspecified atom stereocenters. The number of rotatable bonds is 4.